The van der Waals surface area contributed by atoms with Gasteiger partial charge in [0.15, 0.2) is 0 Å². The Hall–Kier alpha value is -3.35. The molecule has 0 saturated heterocycles. The largest absolute Gasteiger partial charge is 0.497 e. The van der Waals surface area contributed by atoms with Crippen molar-refractivity contribution in [3.63, 3.8) is 0 Å². The van der Waals surface area contributed by atoms with E-state index in [1.165, 1.54) is 10.6 Å². The molecule has 0 N–H and O–H groups in total. The van der Waals surface area contributed by atoms with E-state index in [0.29, 0.717) is 29.1 Å². The van der Waals surface area contributed by atoms with Gasteiger partial charge >= 0.3 is 12.1 Å². The van der Waals surface area contributed by atoms with Crippen LogP contribution >= 0.6 is 0 Å². The van der Waals surface area contributed by atoms with Crippen LogP contribution in [-0.2, 0) is 14.3 Å². The van der Waals surface area contributed by atoms with E-state index in [9.17, 15) is 9.59 Å². The quantitative estimate of drug-likeness (QED) is 0.264. The molecular weight excluding hydrogens is 473 g/mol. The Bertz CT molecular complexity index is 1290. The Morgan fingerprint density at radius 1 is 1.03 bits per heavy atom. The van der Waals surface area contributed by atoms with Gasteiger partial charge < -0.3 is 14.2 Å². The monoisotopic (exact) mass is 509 g/mol. The van der Waals surface area contributed by atoms with Crippen LogP contribution in [0.15, 0.2) is 42.5 Å². The van der Waals surface area contributed by atoms with Gasteiger partial charge in [0, 0.05) is 10.9 Å². The number of benzene rings is 2. The summed E-state index contributed by atoms with van der Waals surface area (Å²) in [4.78, 5) is 25.6. The third-order valence-corrected chi connectivity index (χ3v) is 6.91. The molecule has 0 radical (unpaired) electrons. The van der Waals surface area contributed by atoms with Crippen LogP contribution in [0.3, 0.4) is 0 Å². The Labute approximate surface area is 217 Å². The molecule has 37 heavy (non-hydrogen) atoms. The number of rotatable bonds is 5. The average Bonchev–Trinajstić information content (AvgIpc) is 3.04. The molecule has 2 unspecified atom stereocenters. The van der Waals surface area contributed by atoms with Crippen molar-refractivity contribution in [1.82, 2.24) is 4.57 Å². The second-order valence-corrected chi connectivity index (χ2v) is 10.7. The summed E-state index contributed by atoms with van der Waals surface area (Å²) in [6.07, 6.45) is 3.61. The minimum atomic E-state index is -0.715. The maximum absolute atomic E-state index is 15.4. The number of halogens is 1. The number of fused-ring (bicyclic) bond motifs is 1. The lowest BCUT2D eigenvalue weighted by Gasteiger charge is -2.21. The molecule has 4 rings (SSSR count). The van der Waals surface area contributed by atoms with Gasteiger partial charge in [0.25, 0.3) is 0 Å². The van der Waals surface area contributed by atoms with Crippen LogP contribution < -0.4 is 4.74 Å². The lowest BCUT2D eigenvalue weighted by Crippen LogP contribution is -2.27. The van der Waals surface area contributed by atoms with Gasteiger partial charge in [0.1, 0.15) is 17.2 Å². The molecule has 1 fully saturated rings. The molecular formula is C30H36FNO5. The van der Waals surface area contributed by atoms with Crippen LogP contribution in [0.1, 0.15) is 71.3 Å². The van der Waals surface area contributed by atoms with Crippen molar-refractivity contribution in [2.45, 2.75) is 71.3 Å². The van der Waals surface area contributed by atoms with Crippen molar-refractivity contribution in [3.05, 3.63) is 53.8 Å². The van der Waals surface area contributed by atoms with Crippen LogP contribution in [0.25, 0.3) is 22.2 Å². The molecule has 2 atom stereocenters. The Kier molecular flexibility index (Phi) is 7.90. The summed E-state index contributed by atoms with van der Waals surface area (Å²) < 4.78 is 33.1. The normalized spacial score (nSPS) is 18.3. The number of aromatic nitrogens is 1. The first-order valence-corrected chi connectivity index (χ1v) is 13.0. The first kappa shape index (κ1) is 26.7. The summed E-state index contributed by atoms with van der Waals surface area (Å²) in [5, 5.41) is 0.747. The second kappa shape index (κ2) is 11.0. The summed E-state index contributed by atoms with van der Waals surface area (Å²) in [7, 11) is 1.58. The van der Waals surface area contributed by atoms with E-state index in [2.05, 4.69) is 0 Å². The average molecular weight is 510 g/mol. The second-order valence-electron chi connectivity index (χ2n) is 10.7. The molecule has 1 aliphatic rings. The number of carbonyl (C=O) groups excluding carboxylic acids is 2. The van der Waals surface area contributed by atoms with Gasteiger partial charge in [0.2, 0.25) is 0 Å². The summed E-state index contributed by atoms with van der Waals surface area (Å²) in [6.45, 7) is 7.62. The van der Waals surface area contributed by atoms with E-state index in [0.717, 1.165) is 43.1 Å². The number of nitrogens with zero attached hydrogens (tertiary/aromatic N) is 1. The van der Waals surface area contributed by atoms with E-state index in [1.807, 2.05) is 25.1 Å². The van der Waals surface area contributed by atoms with Crippen LogP contribution in [0.2, 0.25) is 0 Å². The van der Waals surface area contributed by atoms with Gasteiger partial charge in [-0.3, -0.25) is 4.79 Å². The van der Waals surface area contributed by atoms with Gasteiger partial charge in [-0.2, -0.15) is 0 Å². The van der Waals surface area contributed by atoms with Crippen LogP contribution in [0.5, 0.6) is 5.75 Å². The predicted octanol–water partition coefficient (Wildman–Crippen LogP) is 7.47. The highest BCUT2D eigenvalue weighted by atomic mass is 19.1. The smallest absolute Gasteiger partial charge is 0.419 e. The molecule has 1 aliphatic carbocycles. The maximum atomic E-state index is 15.4. The zero-order valence-corrected chi connectivity index (χ0v) is 22.3. The number of esters is 1. The van der Waals surface area contributed by atoms with E-state index in [-0.39, 0.29) is 17.8 Å². The highest BCUT2D eigenvalue weighted by Crippen LogP contribution is 2.38. The third kappa shape index (κ3) is 5.97. The predicted molar refractivity (Wildman–Crippen MR) is 141 cm³/mol. The van der Waals surface area contributed by atoms with Crippen LogP contribution in [-0.4, -0.2) is 35.9 Å². The van der Waals surface area contributed by atoms with E-state index < -0.39 is 17.5 Å². The lowest BCUT2D eigenvalue weighted by atomic mass is 9.89. The molecule has 1 aromatic heterocycles. The summed E-state index contributed by atoms with van der Waals surface area (Å²) in [5.74, 6) is 0.207. The molecule has 0 aliphatic heterocycles. The van der Waals surface area contributed by atoms with Gasteiger partial charge in [-0.05, 0) is 101 Å². The van der Waals surface area contributed by atoms with Gasteiger partial charge in [-0.15, -0.1) is 0 Å². The van der Waals surface area contributed by atoms with Crippen LogP contribution in [0, 0.1) is 11.7 Å². The lowest BCUT2D eigenvalue weighted by molar-refractivity contribution is -0.148. The maximum Gasteiger partial charge on any atom is 0.419 e. The van der Waals surface area contributed by atoms with Crippen molar-refractivity contribution >= 4 is 23.0 Å². The highest BCUT2D eigenvalue weighted by molar-refractivity contribution is 5.97. The molecule has 2 aromatic carbocycles. The Morgan fingerprint density at radius 2 is 1.81 bits per heavy atom. The molecule has 0 amide bonds. The summed E-state index contributed by atoms with van der Waals surface area (Å²) >= 11 is 0. The van der Waals surface area contributed by atoms with Crippen molar-refractivity contribution in [3.8, 4) is 17.0 Å². The minimum Gasteiger partial charge on any atom is -0.497 e. The molecule has 0 bridgehead atoms. The molecule has 1 saturated carbocycles. The Morgan fingerprint density at radius 3 is 2.51 bits per heavy atom. The fourth-order valence-corrected chi connectivity index (χ4v) is 5.15. The molecule has 0 spiro atoms. The Balaban J connectivity index is 1.74. The number of methoxy groups -OCH3 is 1. The molecule has 198 valence electrons. The molecule has 7 heteroatoms. The van der Waals surface area contributed by atoms with Crippen molar-refractivity contribution in [1.29, 1.82) is 0 Å². The van der Waals surface area contributed by atoms with Gasteiger partial charge in [0.05, 0.1) is 30.8 Å². The van der Waals surface area contributed by atoms with E-state index in [4.69, 9.17) is 14.2 Å². The number of hydrogen-bond acceptors (Lipinski definition) is 5. The topological polar surface area (TPSA) is 66.8 Å². The van der Waals surface area contributed by atoms with Gasteiger partial charge in [-0.1, -0.05) is 12.5 Å². The summed E-state index contributed by atoms with van der Waals surface area (Å²) in [5.41, 5.74) is 1.66. The zero-order valence-electron chi connectivity index (χ0n) is 22.3. The van der Waals surface area contributed by atoms with Crippen molar-refractivity contribution in [2.75, 3.05) is 13.7 Å². The highest BCUT2D eigenvalue weighted by Gasteiger charge is 2.28. The standard InChI is InChI=1S/C30H36FNO5/c1-6-36-28(33)20-9-7-8-19(10-11-20)21-12-14-25(31)24(17-21)27-18-22-16-23(35-5)13-15-26(22)32(27)29(34)37-30(2,3)4/h12-20H,6-11H2,1-5H3. The molecule has 3 aromatic rings. The first-order valence-electron chi connectivity index (χ1n) is 13.0. The van der Waals surface area contributed by atoms with E-state index in [1.54, 1.807) is 46.1 Å². The third-order valence-electron chi connectivity index (χ3n) is 6.91. The van der Waals surface area contributed by atoms with Crippen molar-refractivity contribution in [2.24, 2.45) is 5.92 Å². The van der Waals surface area contributed by atoms with E-state index >= 15 is 4.39 Å². The number of hydrogen-bond donors (Lipinski definition) is 0. The number of carbonyl (C=O) groups is 2. The summed E-state index contributed by atoms with van der Waals surface area (Å²) in [6, 6.07) is 12.3. The molecule has 1 heterocycles. The van der Waals surface area contributed by atoms with Crippen LogP contribution in [0.4, 0.5) is 9.18 Å². The SMILES string of the molecule is CCOC(=O)C1CCCC(c2ccc(F)c(-c3cc4cc(OC)ccc4n3C(=O)OC(C)(C)C)c2)CC1. The van der Waals surface area contributed by atoms with Crippen molar-refractivity contribution < 1.29 is 28.2 Å². The minimum absolute atomic E-state index is 0.0884. The first-order chi connectivity index (χ1) is 17.6. The number of ether oxygens (including phenoxy) is 3. The van der Waals surface area contributed by atoms with Gasteiger partial charge in [-0.25, -0.2) is 13.8 Å². The fourth-order valence-electron chi connectivity index (χ4n) is 5.15. The zero-order chi connectivity index (χ0) is 26.7. The fraction of sp³-hybridized carbons (Fsp3) is 0.467. The molecule has 6 nitrogen and oxygen atoms in total.